The van der Waals surface area contributed by atoms with Gasteiger partial charge >= 0.3 is 0 Å². The summed E-state index contributed by atoms with van der Waals surface area (Å²) in [6, 6.07) is 0. The zero-order chi connectivity index (χ0) is 12.4. The van der Waals surface area contributed by atoms with Gasteiger partial charge in [0.25, 0.3) is 0 Å². The Morgan fingerprint density at radius 3 is 2.61 bits per heavy atom. The van der Waals surface area contributed by atoms with Crippen LogP contribution >= 0.6 is 0 Å². The fourth-order valence-corrected chi connectivity index (χ4v) is 4.39. The average Bonchev–Trinajstić information content (AvgIpc) is 2.94. The van der Waals surface area contributed by atoms with Crippen molar-refractivity contribution in [2.75, 3.05) is 19.7 Å². The Hall–Kier alpha value is -0.0800. The van der Waals surface area contributed by atoms with Crippen molar-refractivity contribution in [3.8, 4) is 0 Å². The van der Waals surface area contributed by atoms with Gasteiger partial charge in [-0.1, -0.05) is 32.6 Å². The lowest BCUT2D eigenvalue weighted by molar-refractivity contribution is 0.0191. The van der Waals surface area contributed by atoms with E-state index in [2.05, 4.69) is 12.2 Å². The van der Waals surface area contributed by atoms with Gasteiger partial charge in [0, 0.05) is 18.6 Å². The summed E-state index contributed by atoms with van der Waals surface area (Å²) in [5.41, 5.74) is 0.478. The van der Waals surface area contributed by atoms with Gasteiger partial charge in [0.05, 0.1) is 6.10 Å². The quantitative estimate of drug-likeness (QED) is 0.781. The molecular weight excluding hydrogens is 222 g/mol. The summed E-state index contributed by atoms with van der Waals surface area (Å²) in [7, 11) is 0. The van der Waals surface area contributed by atoms with E-state index >= 15 is 0 Å². The molecule has 1 N–H and O–H groups in total. The van der Waals surface area contributed by atoms with Crippen LogP contribution in [0.1, 0.15) is 58.3 Å². The molecule has 104 valence electrons. The van der Waals surface area contributed by atoms with Crippen molar-refractivity contribution in [2.45, 2.75) is 64.4 Å². The van der Waals surface area contributed by atoms with Crippen LogP contribution in [-0.4, -0.2) is 25.8 Å². The van der Waals surface area contributed by atoms with Crippen molar-refractivity contribution < 1.29 is 4.74 Å². The van der Waals surface area contributed by atoms with Crippen LogP contribution in [0.4, 0.5) is 0 Å². The van der Waals surface area contributed by atoms with Crippen LogP contribution in [0.25, 0.3) is 0 Å². The molecule has 0 amide bonds. The van der Waals surface area contributed by atoms with Crippen LogP contribution in [-0.2, 0) is 4.74 Å². The standard InChI is InChI=1S/C16H29NO/c1-2-17-12-16(11-13-5-3-4-6-13)9-10-18-15(16)14-7-8-14/h13-15,17H,2-12H2,1H3. The predicted molar refractivity (Wildman–Crippen MR) is 74.6 cm³/mol. The first-order valence-corrected chi connectivity index (χ1v) is 8.16. The first-order chi connectivity index (χ1) is 8.84. The lowest BCUT2D eigenvalue weighted by Gasteiger charge is -2.37. The highest BCUT2D eigenvalue weighted by Crippen LogP contribution is 2.51. The summed E-state index contributed by atoms with van der Waals surface area (Å²) in [4.78, 5) is 0. The summed E-state index contributed by atoms with van der Waals surface area (Å²) in [6.07, 6.45) is 12.0. The van der Waals surface area contributed by atoms with Crippen molar-refractivity contribution in [1.29, 1.82) is 0 Å². The third-order valence-corrected chi connectivity index (χ3v) is 5.45. The highest BCUT2D eigenvalue weighted by Gasteiger charge is 2.51. The molecule has 0 spiro atoms. The third-order valence-electron chi connectivity index (χ3n) is 5.45. The van der Waals surface area contributed by atoms with E-state index in [9.17, 15) is 0 Å². The molecule has 1 heterocycles. The Bertz CT molecular complexity index is 270. The van der Waals surface area contributed by atoms with Crippen LogP contribution < -0.4 is 5.32 Å². The zero-order valence-electron chi connectivity index (χ0n) is 11.9. The van der Waals surface area contributed by atoms with E-state index in [1.54, 1.807) is 0 Å². The minimum absolute atomic E-state index is 0.478. The second-order valence-electron chi connectivity index (χ2n) is 6.88. The van der Waals surface area contributed by atoms with Gasteiger partial charge in [-0.05, 0) is 44.1 Å². The molecule has 2 heteroatoms. The van der Waals surface area contributed by atoms with E-state index in [4.69, 9.17) is 4.74 Å². The molecule has 2 aliphatic carbocycles. The Labute approximate surface area is 112 Å². The van der Waals surface area contributed by atoms with Gasteiger partial charge in [-0.15, -0.1) is 0 Å². The highest BCUT2D eigenvalue weighted by atomic mass is 16.5. The first kappa shape index (κ1) is 12.9. The molecular formula is C16H29NO. The van der Waals surface area contributed by atoms with Crippen molar-refractivity contribution >= 4 is 0 Å². The summed E-state index contributed by atoms with van der Waals surface area (Å²) in [5.74, 6) is 1.89. The van der Waals surface area contributed by atoms with E-state index in [-0.39, 0.29) is 0 Å². The van der Waals surface area contributed by atoms with E-state index in [0.717, 1.165) is 25.0 Å². The van der Waals surface area contributed by atoms with Gasteiger partial charge in [-0.2, -0.15) is 0 Å². The fourth-order valence-electron chi connectivity index (χ4n) is 4.39. The van der Waals surface area contributed by atoms with Crippen molar-refractivity contribution in [1.82, 2.24) is 5.32 Å². The van der Waals surface area contributed by atoms with Crippen LogP contribution in [0.2, 0.25) is 0 Å². The molecule has 3 fully saturated rings. The molecule has 2 saturated carbocycles. The molecule has 3 aliphatic rings. The van der Waals surface area contributed by atoms with Crippen molar-refractivity contribution in [3.63, 3.8) is 0 Å². The van der Waals surface area contributed by atoms with Crippen LogP contribution in [0.15, 0.2) is 0 Å². The third kappa shape index (κ3) is 2.60. The summed E-state index contributed by atoms with van der Waals surface area (Å²) in [6.45, 7) is 5.54. The maximum atomic E-state index is 6.16. The summed E-state index contributed by atoms with van der Waals surface area (Å²) < 4.78 is 6.16. The van der Waals surface area contributed by atoms with Crippen LogP contribution in [0.5, 0.6) is 0 Å². The normalized spacial score (nSPS) is 37.5. The van der Waals surface area contributed by atoms with Crippen molar-refractivity contribution in [3.05, 3.63) is 0 Å². The van der Waals surface area contributed by atoms with Gasteiger partial charge in [-0.25, -0.2) is 0 Å². The fraction of sp³-hybridized carbons (Fsp3) is 1.00. The minimum Gasteiger partial charge on any atom is -0.377 e. The molecule has 1 aliphatic heterocycles. The number of rotatable bonds is 6. The number of hydrogen-bond acceptors (Lipinski definition) is 2. The molecule has 0 radical (unpaired) electrons. The molecule has 0 aromatic rings. The van der Waals surface area contributed by atoms with Gasteiger partial charge in [0.15, 0.2) is 0 Å². The second kappa shape index (κ2) is 5.50. The van der Waals surface area contributed by atoms with Crippen molar-refractivity contribution in [2.24, 2.45) is 17.3 Å². The van der Waals surface area contributed by atoms with Gasteiger partial charge in [0.1, 0.15) is 0 Å². The topological polar surface area (TPSA) is 21.3 Å². The Kier molecular flexibility index (Phi) is 3.95. The number of ether oxygens (including phenoxy) is 1. The van der Waals surface area contributed by atoms with E-state index in [0.29, 0.717) is 11.5 Å². The molecule has 18 heavy (non-hydrogen) atoms. The Morgan fingerprint density at radius 2 is 1.94 bits per heavy atom. The molecule has 2 unspecified atom stereocenters. The van der Waals surface area contributed by atoms with E-state index in [1.807, 2.05) is 0 Å². The van der Waals surface area contributed by atoms with Crippen LogP contribution in [0, 0.1) is 17.3 Å². The molecule has 2 atom stereocenters. The monoisotopic (exact) mass is 251 g/mol. The SMILES string of the molecule is CCNCC1(CC2CCCC2)CCOC1C1CC1. The first-order valence-electron chi connectivity index (χ1n) is 8.16. The summed E-state index contributed by atoms with van der Waals surface area (Å²) in [5, 5.41) is 3.64. The molecule has 0 aromatic carbocycles. The number of nitrogens with one attached hydrogen (secondary N) is 1. The van der Waals surface area contributed by atoms with Gasteiger partial charge < -0.3 is 10.1 Å². The molecule has 2 nitrogen and oxygen atoms in total. The smallest absolute Gasteiger partial charge is 0.0672 e. The maximum Gasteiger partial charge on any atom is 0.0672 e. The Balaban J connectivity index is 1.69. The van der Waals surface area contributed by atoms with Crippen LogP contribution in [0.3, 0.4) is 0 Å². The lowest BCUT2D eigenvalue weighted by atomic mass is 9.72. The molecule has 0 aromatic heterocycles. The highest BCUT2D eigenvalue weighted by molar-refractivity contribution is 5.01. The van der Waals surface area contributed by atoms with Gasteiger partial charge in [0.2, 0.25) is 0 Å². The average molecular weight is 251 g/mol. The molecule has 0 bridgehead atoms. The lowest BCUT2D eigenvalue weighted by Crippen LogP contribution is -2.43. The molecule has 1 saturated heterocycles. The minimum atomic E-state index is 0.478. The predicted octanol–water partition coefficient (Wildman–Crippen LogP) is 3.36. The largest absolute Gasteiger partial charge is 0.377 e. The zero-order valence-corrected chi connectivity index (χ0v) is 11.9. The maximum absolute atomic E-state index is 6.16. The second-order valence-corrected chi connectivity index (χ2v) is 6.88. The van der Waals surface area contributed by atoms with Gasteiger partial charge in [-0.3, -0.25) is 0 Å². The Morgan fingerprint density at radius 1 is 1.17 bits per heavy atom. The van der Waals surface area contributed by atoms with E-state index in [1.165, 1.54) is 57.9 Å². The summed E-state index contributed by atoms with van der Waals surface area (Å²) >= 11 is 0. The number of hydrogen-bond donors (Lipinski definition) is 1. The van der Waals surface area contributed by atoms with E-state index < -0.39 is 0 Å². The molecule has 3 rings (SSSR count).